The van der Waals surface area contributed by atoms with E-state index in [4.69, 9.17) is 14.2 Å². The van der Waals surface area contributed by atoms with Crippen molar-refractivity contribution in [2.45, 2.75) is 53.6 Å². The highest BCUT2D eigenvalue weighted by molar-refractivity contribution is 5.99. The molecule has 154 valence electrons. The van der Waals surface area contributed by atoms with Gasteiger partial charge in [0.15, 0.2) is 11.5 Å². The summed E-state index contributed by atoms with van der Waals surface area (Å²) in [6.07, 6.45) is 1.07. The van der Waals surface area contributed by atoms with Crippen molar-refractivity contribution < 1.29 is 23.8 Å². The molecule has 1 aromatic rings. The Balaban J connectivity index is 2.00. The highest BCUT2D eigenvalue weighted by Gasteiger charge is 2.49. The molecule has 1 aliphatic carbocycles. The lowest BCUT2D eigenvalue weighted by atomic mass is 9.60. The van der Waals surface area contributed by atoms with Crippen molar-refractivity contribution in [1.29, 1.82) is 0 Å². The number of ketones is 1. The summed E-state index contributed by atoms with van der Waals surface area (Å²) in [7, 11) is 3.04. The summed E-state index contributed by atoms with van der Waals surface area (Å²) in [6.45, 7) is 11.0. The molecule has 0 unspecified atom stereocenters. The highest BCUT2D eigenvalue weighted by atomic mass is 16.6. The summed E-state index contributed by atoms with van der Waals surface area (Å²) in [5.74, 6) is 1.15. The molecule has 0 aromatic heterocycles. The van der Waals surface area contributed by atoms with Crippen LogP contribution < -0.4 is 9.47 Å². The fourth-order valence-electron chi connectivity index (χ4n) is 4.71. The number of benzene rings is 1. The van der Waals surface area contributed by atoms with Crippen molar-refractivity contribution in [3.8, 4) is 11.5 Å². The lowest BCUT2D eigenvalue weighted by Crippen LogP contribution is -2.42. The predicted octanol–water partition coefficient (Wildman–Crippen LogP) is 4.83. The van der Waals surface area contributed by atoms with E-state index >= 15 is 0 Å². The zero-order valence-corrected chi connectivity index (χ0v) is 18.0. The maximum atomic E-state index is 13.1. The molecule has 1 saturated carbocycles. The first-order valence-electron chi connectivity index (χ1n) is 10.1. The average molecular weight is 389 g/mol. The Labute approximate surface area is 167 Å². The summed E-state index contributed by atoms with van der Waals surface area (Å²) < 4.78 is 16.5. The van der Waals surface area contributed by atoms with E-state index in [-0.39, 0.29) is 23.0 Å². The number of fused-ring (bicyclic) bond motifs is 1. The Morgan fingerprint density at radius 3 is 2.36 bits per heavy atom. The molecule has 1 heterocycles. The van der Waals surface area contributed by atoms with Crippen molar-refractivity contribution >= 4 is 11.8 Å². The first-order chi connectivity index (χ1) is 13.1. The smallest absolute Gasteiger partial charge is 0.343 e. The molecular weight excluding hydrogens is 356 g/mol. The van der Waals surface area contributed by atoms with Gasteiger partial charge in [-0.05, 0) is 36.2 Å². The number of Topliss-reactive ketones (excluding diaryl/α,β-unsaturated/α-hetero) is 1. The third-order valence-electron chi connectivity index (χ3n) is 7.26. The van der Waals surface area contributed by atoms with Crippen molar-refractivity contribution in [2.24, 2.45) is 29.1 Å². The number of rotatable bonds is 5. The highest BCUT2D eigenvalue weighted by Crippen LogP contribution is 2.52. The fourth-order valence-corrected chi connectivity index (χ4v) is 4.71. The van der Waals surface area contributed by atoms with Crippen LogP contribution in [0.1, 0.15) is 69.5 Å². The molecular formula is C23H32O5. The van der Waals surface area contributed by atoms with Gasteiger partial charge >= 0.3 is 5.97 Å². The van der Waals surface area contributed by atoms with E-state index in [9.17, 15) is 9.59 Å². The molecule has 0 bridgehead atoms. The molecule has 2 aliphatic rings. The van der Waals surface area contributed by atoms with Gasteiger partial charge in [-0.1, -0.05) is 40.7 Å². The molecule has 5 nitrogen and oxygen atoms in total. The molecule has 0 radical (unpaired) electrons. The minimum Gasteiger partial charge on any atom is -0.493 e. The van der Waals surface area contributed by atoms with Crippen LogP contribution in [-0.4, -0.2) is 26.0 Å². The number of esters is 1. The van der Waals surface area contributed by atoms with E-state index in [1.165, 1.54) is 14.2 Å². The van der Waals surface area contributed by atoms with Crippen LogP contribution in [-0.2, 0) is 9.53 Å². The number of hydrogen-bond acceptors (Lipinski definition) is 5. The SMILES string of the molecule is COc1ccc2c(c1OC)C(=O)O[C@@H]2[C@@H]1C[C@H](C(C)(C)C(C)C)C[C@H](C)C1=O. The van der Waals surface area contributed by atoms with Gasteiger partial charge < -0.3 is 14.2 Å². The Morgan fingerprint density at radius 2 is 1.79 bits per heavy atom. The van der Waals surface area contributed by atoms with Gasteiger partial charge in [-0.3, -0.25) is 4.79 Å². The molecule has 3 rings (SSSR count). The van der Waals surface area contributed by atoms with E-state index in [1.807, 2.05) is 13.0 Å². The normalized spacial score (nSPS) is 27.6. The van der Waals surface area contributed by atoms with E-state index in [0.29, 0.717) is 28.9 Å². The predicted molar refractivity (Wildman–Crippen MR) is 107 cm³/mol. The molecule has 1 fully saturated rings. The summed E-state index contributed by atoms with van der Waals surface area (Å²) in [6, 6.07) is 3.61. The maximum Gasteiger partial charge on any atom is 0.343 e. The van der Waals surface area contributed by atoms with Gasteiger partial charge in [-0.25, -0.2) is 4.79 Å². The minimum atomic E-state index is -0.553. The number of methoxy groups -OCH3 is 2. The minimum absolute atomic E-state index is 0.0373. The van der Waals surface area contributed by atoms with Crippen LogP contribution in [0.5, 0.6) is 11.5 Å². The van der Waals surface area contributed by atoms with Crippen LogP contribution in [0.2, 0.25) is 0 Å². The lowest BCUT2D eigenvalue weighted by Gasteiger charge is -2.45. The molecule has 0 N–H and O–H groups in total. The second-order valence-electron chi connectivity index (χ2n) is 9.15. The van der Waals surface area contributed by atoms with E-state index < -0.39 is 12.1 Å². The van der Waals surface area contributed by atoms with Crippen molar-refractivity contribution in [3.63, 3.8) is 0 Å². The van der Waals surface area contributed by atoms with Gasteiger partial charge in [0, 0.05) is 11.5 Å². The van der Waals surface area contributed by atoms with Gasteiger partial charge in [0.25, 0.3) is 0 Å². The maximum absolute atomic E-state index is 13.1. The van der Waals surface area contributed by atoms with Crippen molar-refractivity contribution in [1.82, 2.24) is 0 Å². The quantitative estimate of drug-likeness (QED) is 0.676. The van der Waals surface area contributed by atoms with E-state index in [0.717, 1.165) is 18.4 Å². The molecule has 1 aliphatic heterocycles. The van der Waals surface area contributed by atoms with E-state index in [2.05, 4.69) is 27.7 Å². The monoisotopic (exact) mass is 388 g/mol. The number of ether oxygens (including phenoxy) is 3. The van der Waals surface area contributed by atoms with Crippen LogP contribution >= 0.6 is 0 Å². The fraction of sp³-hybridized carbons (Fsp3) is 0.652. The zero-order chi connectivity index (χ0) is 20.8. The molecule has 4 atom stereocenters. The molecule has 1 aromatic carbocycles. The van der Waals surface area contributed by atoms with Crippen LogP contribution in [0, 0.1) is 29.1 Å². The van der Waals surface area contributed by atoms with E-state index in [1.54, 1.807) is 6.07 Å². The van der Waals surface area contributed by atoms with Gasteiger partial charge in [0.1, 0.15) is 17.5 Å². The molecule has 0 spiro atoms. The second-order valence-corrected chi connectivity index (χ2v) is 9.15. The van der Waals surface area contributed by atoms with Gasteiger partial charge in [0.05, 0.1) is 20.1 Å². The summed E-state index contributed by atoms with van der Waals surface area (Å²) in [5, 5.41) is 0. The number of carbonyl (C=O) groups excluding carboxylic acids is 2. The molecule has 5 heteroatoms. The number of hydrogen-bond donors (Lipinski definition) is 0. The van der Waals surface area contributed by atoms with Gasteiger partial charge in [0.2, 0.25) is 0 Å². The lowest BCUT2D eigenvalue weighted by molar-refractivity contribution is -0.136. The van der Waals surface area contributed by atoms with Crippen molar-refractivity contribution in [3.05, 3.63) is 23.3 Å². The zero-order valence-electron chi connectivity index (χ0n) is 18.0. The summed E-state index contributed by atoms with van der Waals surface area (Å²) >= 11 is 0. The van der Waals surface area contributed by atoms with Crippen LogP contribution in [0.4, 0.5) is 0 Å². The average Bonchev–Trinajstić information content (AvgIpc) is 2.99. The molecule has 28 heavy (non-hydrogen) atoms. The Bertz CT molecular complexity index is 779. The van der Waals surface area contributed by atoms with Gasteiger partial charge in [-0.15, -0.1) is 0 Å². The first kappa shape index (κ1) is 20.7. The van der Waals surface area contributed by atoms with Crippen molar-refractivity contribution in [2.75, 3.05) is 14.2 Å². The third kappa shape index (κ3) is 3.19. The van der Waals surface area contributed by atoms with Crippen LogP contribution in [0.25, 0.3) is 0 Å². The summed E-state index contributed by atoms with van der Waals surface area (Å²) in [4.78, 5) is 25.8. The first-order valence-corrected chi connectivity index (χ1v) is 10.1. The standard InChI is InChI=1S/C23H32O5/c1-12(2)23(4,5)14-10-13(3)19(24)16(11-14)20-15-8-9-17(26-6)21(27-7)18(15)22(25)28-20/h8-9,12-14,16,20H,10-11H2,1-7H3/t13-,14+,16+,20-/m0/s1. The van der Waals surface area contributed by atoms with Crippen LogP contribution in [0.3, 0.4) is 0 Å². The summed E-state index contributed by atoms with van der Waals surface area (Å²) in [5.41, 5.74) is 1.23. The largest absolute Gasteiger partial charge is 0.493 e. The Hall–Kier alpha value is -2.04. The Kier molecular flexibility index (Phi) is 5.48. The Morgan fingerprint density at radius 1 is 1.11 bits per heavy atom. The van der Waals surface area contributed by atoms with Gasteiger partial charge in [-0.2, -0.15) is 0 Å². The number of cyclic esters (lactones) is 1. The third-order valence-corrected chi connectivity index (χ3v) is 7.26. The molecule has 0 amide bonds. The topological polar surface area (TPSA) is 61.8 Å². The molecule has 0 saturated heterocycles. The number of carbonyl (C=O) groups is 2. The second kappa shape index (κ2) is 7.41. The van der Waals surface area contributed by atoms with Crippen LogP contribution in [0.15, 0.2) is 12.1 Å².